The van der Waals surface area contributed by atoms with Gasteiger partial charge in [-0.05, 0) is 32.6 Å². The Bertz CT molecular complexity index is 661. The maximum Gasteiger partial charge on any atom is 0.276 e. The van der Waals surface area contributed by atoms with Crippen LogP contribution in [0.1, 0.15) is 62.6 Å². The smallest absolute Gasteiger partial charge is 0.276 e. The molecule has 1 aliphatic rings. The summed E-state index contributed by atoms with van der Waals surface area (Å²) in [6, 6.07) is 0. The molecule has 1 aromatic rings. The highest BCUT2D eigenvalue weighted by molar-refractivity contribution is 7.89. The number of hydrogen-bond acceptors (Lipinski definition) is 4. The molecule has 0 saturated carbocycles. The number of primary sulfonamides is 1. The number of nitrogens with two attached hydrogens (primary N) is 1. The van der Waals surface area contributed by atoms with E-state index in [1.807, 2.05) is 27.7 Å². The number of carbonyl (C=O) groups excluding carboxylic acids is 1. The third kappa shape index (κ3) is 2.82. The third-order valence-corrected chi connectivity index (χ3v) is 4.94. The Labute approximate surface area is 124 Å². The van der Waals surface area contributed by atoms with Crippen LogP contribution in [0, 0.1) is 0 Å². The largest absolute Gasteiger partial charge is 0.332 e. The summed E-state index contributed by atoms with van der Waals surface area (Å²) in [6.45, 7) is 8.15. The van der Waals surface area contributed by atoms with Gasteiger partial charge < -0.3 is 4.90 Å². The van der Waals surface area contributed by atoms with Crippen molar-refractivity contribution in [2.24, 2.45) is 5.14 Å². The minimum Gasteiger partial charge on any atom is -0.332 e. The van der Waals surface area contributed by atoms with Crippen LogP contribution >= 0.6 is 0 Å². The van der Waals surface area contributed by atoms with E-state index in [2.05, 4.69) is 10.2 Å². The Morgan fingerprint density at radius 3 is 2.48 bits per heavy atom. The summed E-state index contributed by atoms with van der Waals surface area (Å²) in [5.74, 6) is -0.511. The molecule has 3 N–H and O–H groups in total. The second-order valence-corrected chi connectivity index (χ2v) is 7.89. The summed E-state index contributed by atoms with van der Waals surface area (Å²) in [6.07, 6.45) is 1.77. The maximum atomic E-state index is 12.7. The molecule has 0 spiro atoms. The minimum atomic E-state index is -4.02. The number of likely N-dealkylation sites (tertiary alicyclic amines) is 1. The van der Waals surface area contributed by atoms with E-state index in [0.29, 0.717) is 12.2 Å². The van der Waals surface area contributed by atoms with Crippen molar-refractivity contribution in [3.8, 4) is 0 Å². The lowest BCUT2D eigenvalue weighted by Gasteiger charge is -2.31. The number of amides is 1. The molecule has 1 saturated heterocycles. The molecule has 1 fully saturated rings. The van der Waals surface area contributed by atoms with Crippen molar-refractivity contribution >= 4 is 15.9 Å². The monoisotopic (exact) mass is 314 g/mol. The average molecular weight is 314 g/mol. The summed E-state index contributed by atoms with van der Waals surface area (Å²) >= 11 is 0. The van der Waals surface area contributed by atoms with Crippen molar-refractivity contribution < 1.29 is 13.2 Å². The van der Waals surface area contributed by atoms with Gasteiger partial charge in [-0.1, -0.05) is 13.8 Å². The molecule has 1 aliphatic heterocycles. The SMILES string of the molecule is CC(C)c1[nH]nc(C(=O)N2CCCC2(C)C)c1S(N)(=O)=O. The van der Waals surface area contributed by atoms with Gasteiger partial charge >= 0.3 is 0 Å². The van der Waals surface area contributed by atoms with Gasteiger partial charge in [0.25, 0.3) is 5.91 Å². The van der Waals surface area contributed by atoms with Gasteiger partial charge in [0, 0.05) is 12.1 Å². The molecule has 0 aliphatic carbocycles. The zero-order valence-corrected chi connectivity index (χ0v) is 13.6. The van der Waals surface area contributed by atoms with E-state index in [0.717, 1.165) is 12.8 Å². The zero-order valence-electron chi connectivity index (χ0n) is 12.8. The number of aromatic nitrogens is 2. The number of H-pyrrole nitrogens is 1. The Kier molecular flexibility index (Phi) is 3.88. The van der Waals surface area contributed by atoms with Crippen LogP contribution in [0.3, 0.4) is 0 Å². The van der Waals surface area contributed by atoms with Crippen LogP contribution in [-0.4, -0.2) is 41.5 Å². The fourth-order valence-corrected chi connectivity index (χ4v) is 3.77. The van der Waals surface area contributed by atoms with Gasteiger partial charge in [-0.3, -0.25) is 9.89 Å². The van der Waals surface area contributed by atoms with Crippen molar-refractivity contribution in [3.05, 3.63) is 11.4 Å². The number of sulfonamides is 1. The second kappa shape index (κ2) is 5.10. The molecule has 1 amide bonds. The summed E-state index contributed by atoms with van der Waals surface area (Å²) in [4.78, 5) is 14.2. The topological polar surface area (TPSA) is 109 Å². The van der Waals surface area contributed by atoms with Crippen molar-refractivity contribution in [2.45, 2.75) is 56.9 Å². The van der Waals surface area contributed by atoms with Gasteiger partial charge in [0.15, 0.2) is 5.69 Å². The third-order valence-electron chi connectivity index (χ3n) is 3.96. The first-order chi connectivity index (χ1) is 9.55. The molecule has 0 unspecified atom stereocenters. The summed E-state index contributed by atoms with van der Waals surface area (Å²) in [5.41, 5.74) is -0.0297. The zero-order chi connectivity index (χ0) is 16.0. The number of rotatable bonds is 3. The molecule has 1 aromatic heterocycles. The highest BCUT2D eigenvalue weighted by Gasteiger charge is 2.39. The highest BCUT2D eigenvalue weighted by Crippen LogP contribution is 2.32. The molecule has 7 nitrogen and oxygen atoms in total. The van der Waals surface area contributed by atoms with Crippen LogP contribution in [0.5, 0.6) is 0 Å². The average Bonchev–Trinajstić information content (AvgIpc) is 2.90. The quantitative estimate of drug-likeness (QED) is 0.873. The molecule has 118 valence electrons. The number of nitrogens with one attached hydrogen (secondary N) is 1. The highest BCUT2D eigenvalue weighted by atomic mass is 32.2. The molecule has 2 rings (SSSR count). The number of nitrogens with zero attached hydrogens (tertiary/aromatic N) is 2. The van der Waals surface area contributed by atoms with Gasteiger partial charge in [-0.25, -0.2) is 13.6 Å². The van der Waals surface area contributed by atoms with Crippen LogP contribution < -0.4 is 5.14 Å². The first-order valence-electron chi connectivity index (χ1n) is 6.98. The second-order valence-electron chi connectivity index (χ2n) is 6.39. The molecular formula is C13H22N4O3S. The van der Waals surface area contributed by atoms with Gasteiger partial charge in [-0.15, -0.1) is 0 Å². The van der Waals surface area contributed by atoms with Gasteiger partial charge in [0.05, 0.1) is 5.69 Å². The predicted octanol–water partition coefficient (Wildman–Crippen LogP) is 1.20. The van der Waals surface area contributed by atoms with Gasteiger partial charge in [-0.2, -0.15) is 5.10 Å². The molecule has 0 aromatic carbocycles. The predicted molar refractivity (Wildman–Crippen MR) is 78.4 cm³/mol. The fourth-order valence-electron chi connectivity index (χ4n) is 2.78. The van der Waals surface area contributed by atoms with Crippen molar-refractivity contribution in [1.82, 2.24) is 15.1 Å². The van der Waals surface area contributed by atoms with Crippen LogP contribution in [0.25, 0.3) is 0 Å². The fraction of sp³-hybridized carbons (Fsp3) is 0.692. The van der Waals surface area contributed by atoms with E-state index in [4.69, 9.17) is 5.14 Å². The first kappa shape index (κ1) is 16.0. The summed E-state index contributed by atoms with van der Waals surface area (Å²) in [7, 11) is -4.02. The lowest BCUT2D eigenvalue weighted by molar-refractivity contribution is 0.0641. The molecule has 0 atom stereocenters. The first-order valence-corrected chi connectivity index (χ1v) is 8.53. The molecular weight excluding hydrogens is 292 g/mol. The van der Waals surface area contributed by atoms with Gasteiger partial charge in [0.1, 0.15) is 4.90 Å². The van der Waals surface area contributed by atoms with E-state index >= 15 is 0 Å². The molecule has 0 radical (unpaired) electrons. The van der Waals surface area contributed by atoms with E-state index in [-0.39, 0.29) is 28.0 Å². The number of carbonyl (C=O) groups is 1. The van der Waals surface area contributed by atoms with Crippen molar-refractivity contribution in [3.63, 3.8) is 0 Å². The molecule has 0 bridgehead atoms. The number of hydrogen-bond donors (Lipinski definition) is 2. The summed E-state index contributed by atoms with van der Waals surface area (Å²) in [5, 5.41) is 11.9. The van der Waals surface area contributed by atoms with E-state index < -0.39 is 10.0 Å². The van der Waals surface area contributed by atoms with E-state index in [1.165, 1.54) is 0 Å². The van der Waals surface area contributed by atoms with Crippen LogP contribution in [0.2, 0.25) is 0 Å². The van der Waals surface area contributed by atoms with Crippen LogP contribution in [0.4, 0.5) is 0 Å². The molecule has 8 heteroatoms. The molecule has 2 heterocycles. The Morgan fingerprint density at radius 2 is 2.05 bits per heavy atom. The lowest BCUT2D eigenvalue weighted by atomic mass is 10.0. The Hall–Kier alpha value is -1.41. The van der Waals surface area contributed by atoms with Crippen molar-refractivity contribution in [2.75, 3.05) is 6.54 Å². The van der Waals surface area contributed by atoms with E-state index in [1.54, 1.807) is 4.90 Å². The van der Waals surface area contributed by atoms with Crippen LogP contribution in [0.15, 0.2) is 4.90 Å². The molecule has 21 heavy (non-hydrogen) atoms. The van der Waals surface area contributed by atoms with Gasteiger partial charge in [0.2, 0.25) is 10.0 Å². The minimum absolute atomic E-state index is 0.101. The normalized spacial score (nSPS) is 18.5. The maximum absolute atomic E-state index is 12.7. The summed E-state index contributed by atoms with van der Waals surface area (Å²) < 4.78 is 23.7. The van der Waals surface area contributed by atoms with Crippen LogP contribution in [-0.2, 0) is 10.0 Å². The standard InChI is InChI=1S/C13H22N4O3S/c1-8(2)9-11(21(14,19)20)10(16-15-9)12(18)17-7-5-6-13(17,3)4/h8H,5-7H2,1-4H3,(H,15,16)(H2,14,19,20). The number of aromatic amines is 1. The van der Waals surface area contributed by atoms with E-state index in [9.17, 15) is 13.2 Å². The Morgan fingerprint density at radius 1 is 1.43 bits per heavy atom. The lowest BCUT2D eigenvalue weighted by Crippen LogP contribution is -2.43. The Balaban J connectivity index is 2.53. The van der Waals surface area contributed by atoms with Crippen molar-refractivity contribution in [1.29, 1.82) is 0 Å².